The molecule has 5 heteroatoms. The third kappa shape index (κ3) is 2.93. The van der Waals surface area contributed by atoms with Gasteiger partial charge in [-0.1, -0.05) is 20.8 Å². The molecule has 1 atom stereocenters. The van der Waals surface area contributed by atoms with Gasteiger partial charge >= 0.3 is 0 Å². The molecule has 0 aliphatic heterocycles. The first-order valence-electron chi connectivity index (χ1n) is 7.31. The number of anilines is 1. The molecule has 21 heavy (non-hydrogen) atoms. The van der Waals surface area contributed by atoms with E-state index in [2.05, 4.69) is 10.3 Å². The largest absolute Gasteiger partial charge is 0.440 e. The number of amides is 1. The predicted molar refractivity (Wildman–Crippen MR) is 82.0 cm³/mol. The highest BCUT2D eigenvalue weighted by molar-refractivity contribution is 5.96. The number of carbonyl (C=O) groups excluding carboxylic acids is 1. The van der Waals surface area contributed by atoms with E-state index in [1.54, 1.807) is 0 Å². The topological polar surface area (TPSA) is 81.2 Å². The van der Waals surface area contributed by atoms with E-state index in [9.17, 15) is 4.79 Å². The Bertz CT molecular complexity index is 680. The molecule has 5 nitrogen and oxygen atoms in total. The second-order valence-corrected chi connectivity index (χ2v) is 6.84. The van der Waals surface area contributed by atoms with Gasteiger partial charge in [0.1, 0.15) is 5.52 Å². The summed E-state index contributed by atoms with van der Waals surface area (Å²) in [6.07, 6.45) is 2.30. The second kappa shape index (κ2) is 4.84. The summed E-state index contributed by atoms with van der Waals surface area (Å²) < 4.78 is 5.71. The lowest BCUT2D eigenvalue weighted by molar-refractivity contribution is -0.119. The molecule has 1 heterocycles. The number of hydrogen-bond donors (Lipinski definition) is 2. The minimum absolute atomic E-state index is 0.187. The number of aromatic nitrogens is 1. The van der Waals surface area contributed by atoms with E-state index in [1.165, 1.54) is 0 Å². The average molecular weight is 287 g/mol. The Morgan fingerprint density at radius 3 is 2.76 bits per heavy atom. The minimum atomic E-state index is -0.562. The van der Waals surface area contributed by atoms with Crippen molar-refractivity contribution in [3.63, 3.8) is 0 Å². The standard InChI is InChI=1S/C16H21N3O2/c1-16(2,3)13(17)14(20)18-10-6-7-12-11(8-10)19-15(21-12)9-4-5-9/h6-9,13H,4-5,17H2,1-3H3,(H,18,20)/t13-/m1/s1. The van der Waals surface area contributed by atoms with Crippen LogP contribution in [0.3, 0.4) is 0 Å². The Labute approximate surface area is 123 Å². The van der Waals surface area contributed by atoms with Crippen molar-refractivity contribution in [1.82, 2.24) is 4.98 Å². The van der Waals surface area contributed by atoms with E-state index in [4.69, 9.17) is 10.2 Å². The molecule has 3 rings (SSSR count). The van der Waals surface area contributed by atoms with Crippen LogP contribution in [-0.2, 0) is 4.79 Å². The molecule has 0 unspecified atom stereocenters. The van der Waals surface area contributed by atoms with Crippen molar-refractivity contribution in [2.24, 2.45) is 11.1 Å². The summed E-state index contributed by atoms with van der Waals surface area (Å²) in [4.78, 5) is 16.6. The molecule has 0 bridgehead atoms. The van der Waals surface area contributed by atoms with Gasteiger partial charge in [0, 0.05) is 11.6 Å². The van der Waals surface area contributed by atoms with Gasteiger partial charge in [-0.15, -0.1) is 0 Å². The third-order valence-corrected chi connectivity index (χ3v) is 3.81. The van der Waals surface area contributed by atoms with Crippen LogP contribution in [0.4, 0.5) is 5.69 Å². The number of nitrogens with two attached hydrogens (primary N) is 1. The monoisotopic (exact) mass is 287 g/mol. The number of fused-ring (bicyclic) bond motifs is 1. The number of nitrogens with zero attached hydrogens (tertiary/aromatic N) is 1. The zero-order valence-corrected chi connectivity index (χ0v) is 12.6. The van der Waals surface area contributed by atoms with Crippen LogP contribution in [0.1, 0.15) is 45.4 Å². The van der Waals surface area contributed by atoms with Crippen LogP contribution in [0.25, 0.3) is 11.1 Å². The van der Waals surface area contributed by atoms with Crippen molar-refractivity contribution >= 4 is 22.7 Å². The minimum Gasteiger partial charge on any atom is -0.440 e. The van der Waals surface area contributed by atoms with E-state index in [0.717, 1.165) is 29.8 Å². The van der Waals surface area contributed by atoms with Crippen LogP contribution in [0, 0.1) is 5.41 Å². The lowest BCUT2D eigenvalue weighted by Crippen LogP contribution is -2.45. The maximum atomic E-state index is 12.1. The highest BCUT2D eigenvalue weighted by Gasteiger charge is 2.29. The fraction of sp³-hybridized carbons (Fsp3) is 0.500. The average Bonchev–Trinajstić information content (AvgIpc) is 3.17. The van der Waals surface area contributed by atoms with Crippen LogP contribution in [0.15, 0.2) is 22.6 Å². The molecular weight excluding hydrogens is 266 g/mol. The summed E-state index contributed by atoms with van der Waals surface area (Å²) >= 11 is 0. The summed E-state index contributed by atoms with van der Waals surface area (Å²) in [5.74, 6) is 1.09. The fourth-order valence-electron chi connectivity index (χ4n) is 2.14. The van der Waals surface area contributed by atoms with Gasteiger partial charge < -0.3 is 15.5 Å². The smallest absolute Gasteiger partial charge is 0.241 e. The normalized spacial score (nSPS) is 17.0. The first-order valence-corrected chi connectivity index (χ1v) is 7.31. The molecule has 3 N–H and O–H groups in total. The summed E-state index contributed by atoms with van der Waals surface area (Å²) in [5.41, 5.74) is 7.92. The van der Waals surface area contributed by atoms with Gasteiger partial charge in [-0.05, 0) is 36.5 Å². The molecule has 1 aliphatic rings. The van der Waals surface area contributed by atoms with E-state index in [0.29, 0.717) is 11.6 Å². The Kier molecular flexibility index (Phi) is 3.24. The quantitative estimate of drug-likeness (QED) is 0.909. The third-order valence-electron chi connectivity index (χ3n) is 3.81. The summed E-state index contributed by atoms with van der Waals surface area (Å²) in [5, 5.41) is 2.85. The summed E-state index contributed by atoms with van der Waals surface area (Å²) in [6.45, 7) is 5.83. The summed E-state index contributed by atoms with van der Waals surface area (Å²) in [6, 6.07) is 4.93. The van der Waals surface area contributed by atoms with Crippen molar-refractivity contribution in [2.75, 3.05) is 5.32 Å². The molecule has 0 spiro atoms. The molecule has 1 amide bonds. The van der Waals surface area contributed by atoms with Crippen molar-refractivity contribution in [3.05, 3.63) is 24.1 Å². The van der Waals surface area contributed by atoms with Gasteiger partial charge in [0.25, 0.3) is 0 Å². The Morgan fingerprint density at radius 2 is 2.14 bits per heavy atom. The second-order valence-electron chi connectivity index (χ2n) is 6.84. The zero-order valence-electron chi connectivity index (χ0n) is 12.6. The van der Waals surface area contributed by atoms with Gasteiger partial charge in [0.2, 0.25) is 5.91 Å². The van der Waals surface area contributed by atoms with Crippen LogP contribution >= 0.6 is 0 Å². The molecule has 1 aromatic heterocycles. The van der Waals surface area contributed by atoms with Crippen LogP contribution in [-0.4, -0.2) is 16.9 Å². The molecule has 1 aliphatic carbocycles. The molecular formula is C16H21N3O2. The Hall–Kier alpha value is -1.88. The SMILES string of the molecule is CC(C)(C)[C@H](N)C(=O)Nc1ccc2oc(C3CC3)nc2c1. The molecule has 0 radical (unpaired) electrons. The van der Waals surface area contributed by atoms with Crippen molar-refractivity contribution in [2.45, 2.75) is 45.6 Å². The van der Waals surface area contributed by atoms with Gasteiger partial charge in [0.15, 0.2) is 11.5 Å². The number of oxazole rings is 1. The first kappa shape index (κ1) is 14.1. The van der Waals surface area contributed by atoms with Gasteiger partial charge in [-0.25, -0.2) is 4.98 Å². The first-order chi connectivity index (χ1) is 9.84. The van der Waals surface area contributed by atoms with Gasteiger partial charge in [0.05, 0.1) is 6.04 Å². The Morgan fingerprint density at radius 1 is 1.43 bits per heavy atom. The number of nitrogens with one attached hydrogen (secondary N) is 1. The lowest BCUT2D eigenvalue weighted by atomic mass is 9.87. The highest BCUT2D eigenvalue weighted by atomic mass is 16.3. The van der Waals surface area contributed by atoms with Crippen molar-refractivity contribution in [3.8, 4) is 0 Å². The fourth-order valence-corrected chi connectivity index (χ4v) is 2.14. The van der Waals surface area contributed by atoms with Gasteiger partial charge in [-0.3, -0.25) is 4.79 Å². The van der Waals surface area contributed by atoms with E-state index < -0.39 is 6.04 Å². The Balaban J connectivity index is 1.79. The molecule has 2 aromatic rings. The van der Waals surface area contributed by atoms with E-state index in [-0.39, 0.29) is 11.3 Å². The number of carbonyl (C=O) groups is 1. The van der Waals surface area contributed by atoms with Crippen LogP contribution in [0.2, 0.25) is 0 Å². The van der Waals surface area contributed by atoms with Crippen LogP contribution < -0.4 is 11.1 Å². The molecule has 0 saturated heterocycles. The van der Waals surface area contributed by atoms with E-state index in [1.807, 2.05) is 39.0 Å². The highest BCUT2D eigenvalue weighted by Crippen LogP contribution is 2.40. The maximum Gasteiger partial charge on any atom is 0.241 e. The number of rotatable bonds is 3. The maximum absolute atomic E-state index is 12.1. The molecule has 1 aromatic carbocycles. The van der Waals surface area contributed by atoms with Crippen molar-refractivity contribution in [1.29, 1.82) is 0 Å². The van der Waals surface area contributed by atoms with Crippen LogP contribution in [0.5, 0.6) is 0 Å². The lowest BCUT2D eigenvalue weighted by Gasteiger charge is -2.25. The zero-order chi connectivity index (χ0) is 15.2. The van der Waals surface area contributed by atoms with Gasteiger partial charge in [-0.2, -0.15) is 0 Å². The van der Waals surface area contributed by atoms with Crippen molar-refractivity contribution < 1.29 is 9.21 Å². The predicted octanol–water partition coefficient (Wildman–Crippen LogP) is 3.02. The molecule has 112 valence electrons. The molecule has 1 fully saturated rings. The molecule has 1 saturated carbocycles. The number of hydrogen-bond acceptors (Lipinski definition) is 4. The van der Waals surface area contributed by atoms with E-state index >= 15 is 0 Å². The summed E-state index contributed by atoms with van der Waals surface area (Å²) in [7, 11) is 0. The number of benzene rings is 1.